The van der Waals surface area contributed by atoms with Crippen LogP contribution in [0.3, 0.4) is 0 Å². The van der Waals surface area contributed by atoms with E-state index >= 15 is 0 Å². The van der Waals surface area contributed by atoms with E-state index in [2.05, 4.69) is 5.32 Å². The summed E-state index contributed by atoms with van der Waals surface area (Å²) in [6.07, 6.45) is 0.133. The van der Waals surface area contributed by atoms with Gasteiger partial charge in [-0.05, 0) is 23.1 Å². The Bertz CT molecular complexity index is 658. The molecule has 2 aromatic rings. The smallest absolute Gasteiger partial charge is 0.310 e. The maximum absolute atomic E-state index is 11.9. The Hall–Kier alpha value is -1.31. The minimum atomic E-state index is -0.352. The van der Waals surface area contributed by atoms with E-state index in [1.807, 2.05) is 10.8 Å². The van der Waals surface area contributed by atoms with Crippen molar-refractivity contribution in [2.45, 2.75) is 6.42 Å². The Morgan fingerprint density at radius 1 is 1.17 bits per heavy atom. The molecule has 130 valence electrons. The van der Waals surface area contributed by atoms with Crippen LogP contribution in [0.25, 0.3) is 0 Å². The Labute approximate surface area is 154 Å². The van der Waals surface area contributed by atoms with Gasteiger partial charge in [0.25, 0.3) is 0 Å². The normalized spacial score (nSPS) is 10.6. The highest BCUT2D eigenvalue weighted by Crippen LogP contribution is 2.34. The highest BCUT2D eigenvalue weighted by molar-refractivity contribution is 7.08. The first-order valence-electron chi connectivity index (χ1n) is 7.22. The molecule has 0 saturated carbocycles. The van der Waals surface area contributed by atoms with Crippen LogP contribution in [0.5, 0.6) is 0 Å². The van der Waals surface area contributed by atoms with Gasteiger partial charge in [-0.3, -0.25) is 4.79 Å². The zero-order valence-corrected chi connectivity index (χ0v) is 15.1. The summed E-state index contributed by atoms with van der Waals surface area (Å²) in [5.74, 6) is -0.352. The first kappa shape index (κ1) is 19.0. The lowest BCUT2D eigenvalue weighted by molar-refractivity contribution is -0.144. The molecule has 0 unspecified atom stereocenters. The lowest BCUT2D eigenvalue weighted by Gasteiger charge is -2.11. The number of nitrogens with one attached hydrogen (secondary N) is 1. The summed E-state index contributed by atoms with van der Waals surface area (Å²) in [7, 11) is 0. The molecule has 1 aromatic heterocycles. The van der Waals surface area contributed by atoms with Crippen molar-refractivity contribution in [2.75, 3.05) is 31.7 Å². The van der Waals surface area contributed by atoms with Crippen LogP contribution in [0.4, 0.5) is 11.4 Å². The topological polar surface area (TPSA) is 67.8 Å². The fraction of sp³-hybridized carbons (Fsp3) is 0.312. The van der Waals surface area contributed by atoms with E-state index in [1.54, 1.807) is 18.2 Å². The summed E-state index contributed by atoms with van der Waals surface area (Å²) >= 11 is 13.8. The number of esters is 1. The van der Waals surface area contributed by atoms with Crippen LogP contribution < -0.4 is 5.32 Å². The van der Waals surface area contributed by atoms with Crippen LogP contribution in [0.1, 0.15) is 5.56 Å². The summed E-state index contributed by atoms with van der Waals surface area (Å²) in [5.41, 5.74) is 2.17. The fourth-order valence-electron chi connectivity index (χ4n) is 1.91. The van der Waals surface area contributed by atoms with E-state index in [-0.39, 0.29) is 38.8 Å². The number of aliphatic hydroxyl groups excluding tert-OH is 1. The van der Waals surface area contributed by atoms with Gasteiger partial charge in [-0.1, -0.05) is 29.3 Å². The molecule has 0 aliphatic heterocycles. The Balaban J connectivity index is 1.92. The van der Waals surface area contributed by atoms with E-state index < -0.39 is 0 Å². The van der Waals surface area contributed by atoms with Crippen molar-refractivity contribution in [1.82, 2.24) is 0 Å². The molecule has 0 saturated heterocycles. The van der Waals surface area contributed by atoms with E-state index in [0.717, 1.165) is 11.3 Å². The van der Waals surface area contributed by atoms with Gasteiger partial charge in [0.2, 0.25) is 0 Å². The summed E-state index contributed by atoms with van der Waals surface area (Å²) in [6.45, 7) is 0.593. The number of carbonyl (C=O) groups is 1. The zero-order chi connectivity index (χ0) is 17.4. The summed E-state index contributed by atoms with van der Waals surface area (Å²) < 4.78 is 10.1. The zero-order valence-electron chi connectivity index (χ0n) is 12.8. The summed E-state index contributed by atoms with van der Waals surface area (Å²) in [5, 5.41) is 16.5. The summed E-state index contributed by atoms with van der Waals surface area (Å²) in [6, 6.07) is 5.24. The van der Waals surface area contributed by atoms with Crippen molar-refractivity contribution in [2.24, 2.45) is 0 Å². The molecule has 5 nitrogen and oxygen atoms in total. The maximum atomic E-state index is 11.9. The molecule has 0 atom stereocenters. The molecule has 8 heteroatoms. The molecule has 1 heterocycles. The standard InChI is InChI=1S/C16H17Cl2NO4S/c17-12-2-1-3-13(18)16(12)19-14-10-24-9-11(14)8-15(21)23-7-6-22-5-4-20/h1-3,9-10,19-20H,4-8H2. The van der Waals surface area contributed by atoms with Crippen molar-refractivity contribution in [3.05, 3.63) is 44.6 Å². The first-order valence-corrected chi connectivity index (χ1v) is 8.92. The molecule has 0 bridgehead atoms. The minimum Gasteiger partial charge on any atom is -0.463 e. The van der Waals surface area contributed by atoms with Crippen molar-refractivity contribution >= 4 is 51.9 Å². The number of halogens is 2. The fourth-order valence-corrected chi connectivity index (χ4v) is 3.19. The van der Waals surface area contributed by atoms with Crippen LogP contribution in [0.2, 0.25) is 10.0 Å². The van der Waals surface area contributed by atoms with Crippen molar-refractivity contribution in [3.63, 3.8) is 0 Å². The molecule has 0 spiro atoms. The molecule has 0 amide bonds. The summed E-state index contributed by atoms with van der Waals surface area (Å²) in [4.78, 5) is 11.9. The number of para-hydroxylation sites is 1. The van der Waals surface area contributed by atoms with Gasteiger partial charge in [0.15, 0.2) is 0 Å². The highest BCUT2D eigenvalue weighted by atomic mass is 35.5. The second kappa shape index (κ2) is 9.86. The van der Waals surface area contributed by atoms with Crippen LogP contribution >= 0.6 is 34.5 Å². The van der Waals surface area contributed by atoms with Gasteiger partial charge in [-0.25, -0.2) is 0 Å². The number of benzene rings is 1. The van der Waals surface area contributed by atoms with E-state index in [4.69, 9.17) is 37.8 Å². The second-order valence-corrected chi connectivity index (χ2v) is 6.32. The van der Waals surface area contributed by atoms with Gasteiger partial charge >= 0.3 is 5.97 Å². The number of rotatable bonds is 9. The molecule has 1 aromatic carbocycles. The maximum Gasteiger partial charge on any atom is 0.310 e. The number of aliphatic hydroxyl groups is 1. The lowest BCUT2D eigenvalue weighted by atomic mass is 10.2. The Morgan fingerprint density at radius 3 is 2.62 bits per heavy atom. The monoisotopic (exact) mass is 389 g/mol. The number of hydrogen-bond donors (Lipinski definition) is 2. The molecule has 0 aliphatic carbocycles. The molecule has 2 rings (SSSR count). The SMILES string of the molecule is O=C(Cc1cscc1Nc1c(Cl)cccc1Cl)OCCOCCO. The van der Waals surface area contributed by atoms with Crippen LogP contribution in [-0.2, 0) is 20.7 Å². The first-order chi connectivity index (χ1) is 11.6. The van der Waals surface area contributed by atoms with Crippen LogP contribution in [0, 0.1) is 0 Å². The van der Waals surface area contributed by atoms with Crippen LogP contribution in [-0.4, -0.2) is 37.5 Å². The third-order valence-electron chi connectivity index (χ3n) is 3.03. The number of ether oxygens (including phenoxy) is 2. The van der Waals surface area contributed by atoms with Crippen molar-refractivity contribution in [3.8, 4) is 0 Å². The molecule has 2 N–H and O–H groups in total. The third-order valence-corrected chi connectivity index (χ3v) is 4.45. The molecular formula is C16H17Cl2NO4S. The molecule has 0 aliphatic rings. The molecule has 0 fully saturated rings. The average Bonchev–Trinajstić information content (AvgIpc) is 2.98. The van der Waals surface area contributed by atoms with Gasteiger partial charge < -0.3 is 19.9 Å². The number of carbonyl (C=O) groups excluding carboxylic acids is 1. The van der Waals surface area contributed by atoms with Gasteiger partial charge in [-0.15, -0.1) is 11.3 Å². The Kier molecular flexibility index (Phi) is 7.81. The molecule has 24 heavy (non-hydrogen) atoms. The third kappa shape index (κ3) is 5.65. The Morgan fingerprint density at radius 2 is 1.92 bits per heavy atom. The molecular weight excluding hydrogens is 373 g/mol. The quantitative estimate of drug-likeness (QED) is 0.502. The predicted molar refractivity (Wildman–Crippen MR) is 96.6 cm³/mol. The number of thiophene rings is 1. The van der Waals surface area contributed by atoms with Gasteiger partial charge in [0.1, 0.15) is 6.61 Å². The second-order valence-electron chi connectivity index (χ2n) is 4.77. The van der Waals surface area contributed by atoms with E-state index in [0.29, 0.717) is 15.7 Å². The average molecular weight is 390 g/mol. The highest BCUT2D eigenvalue weighted by Gasteiger charge is 2.13. The van der Waals surface area contributed by atoms with E-state index in [9.17, 15) is 4.79 Å². The van der Waals surface area contributed by atoms with Gasteiger partial charge in [0.05, 0.1) is 47.7 Å². The van der Waals surface area contributed by atoms with Crippen molar-refractivity contribution in [1.29, 1.82) is 0 Å². The predicted octanol–water partition coefficient (Wildman–Crippen LogP) is 3.89. The minimum absolute atomic E-state index is 0.0531. The van der Waals surface area contributed by atoms with E-state index in [1.165, 1.54) is 11.3 Å². The van der Waals surface area contributed by atoms with Gasteiger partial charge in [-0.2, -0.15) is 0 Å². The molecule has 0 radical (unpaired) electrons. The number of anilines is 2. The number of hydrogen-bond acceptors (Lipinski definition) is 6. The lowest BCUT2D eigenvalue weighted by Crippen LogP contribution is -2.14. The largest absolute Gasteiger partial charge is 0.463 e. The van der Waals surface area contributed by atoms with Gasteiger partial charge in [0, 0.05) is 5.38 Å². The van der Waals surface area contributed by atoms with Crippen LogP contribution in [0.15, 0.2) is 29.0 Å². The van der Waals surface area contributed by atoms with Crippen molar-refractivity contribution < 1.29 is 19.4 Å².